The van der Waals surface area contributed by atoms with Crippen LogP contribution in [0.1, 0.15) is 18.4 Å². The Labute approximate surface area is 188 Å². The van der Waals surface area contributed by atoms with E-state index in [9.17, 15) is 26.3 Å². The van der Waals surface area contributed by atoms with Gasteiger partial charge in [-0.15, -0.1) is 10.2 Å². The smallest absolute Gasteiger partial charge is 0.257 e. The van der Waals surface area contributed by atoms with Gasteiger partial charge in [-0.05, 0) is 31.0 Å². The summed E-state index contributed by atoms with van der Waals surface area (Å²) in [5.74, 6) is 3.05. The summed E-state index contributed by atoms with van der Waals surface area (Å²) < 4.78 is 84.2. The first kappa shape index (κ1) is 21.9. The van der Waals surface area contributed by atoms with Crippen molar-refractivity contribution in [3.8, 4) is 11.8 Å². The molecule has 0 radical (unpaired) electrons. The second-order valence-electron chi connectivity index (χ2n) is 7.86. The molecule has 3 heterocycles. The second-order valence-corrected chi connectivity index (χ2v) is 7.86. The average molecular weight is 476 g/mol. The van der Waals surface area contributed by atoms with E-state index in [0.29, 0.717) is 0 Å². The molecule has 5 rings (SSSR count). The molecule has 0 aliphatic heterocycles. The molecule has 1 aromatic carbocycles. The number of halogens is 6. The highest BCUT2D eigenvalue weighted by Gasteiger charge is 2.50. The van der Waals surface area contributed by atoms with Gasteiger partial charge in [0.15, 0.2) is 5.82 Å². The molecule has 6 nitrogen and oxygen atoms in total. The van der Waals surface area contributed by atoms with Crippen LogP contribution in [-0.4, -0.2) is 44.0 Å². The highest BCUT2D eigenvalue weighted by molar-refractivity contribution is 5.93. The number of benzene rings is 1. The van der Waals surface area contributed by atoms with Crippen LogP contribution in [-0.2, 0) is 0 Å². The molecule has 3 aromatic heterocycles. The van der Waals surface area contributed by atoms with E-state index in [1.54, 1.807) is 0 Å². The maximum absolute atomic E-state index is 14.8. The minimum atomic E-state index is -2.91. The third kappa shape index (κ3) is 3.87. The fourth-order valence-electron chi connectivity index (χ4n) is 3.63. The lowest BCUT2D eigenvalue weighted by Crippen LogP contribution is -2.26. The predicted octanol–water partition coefficient (Wildman–Crippen LogP) is 4.75. The molecule has 0 atom stereocenters. The zero-order valence-electron chi connectivity index (χ0n) is 17.2. The Bertz CT molecular complexity index is 1450. The van der Waals surface area contributed by atoms with Crippen LogP contribution in [0.5, 0.6) is 0 Å². The summed E-state index contributed by atoms with van der Waals surface area (Å²) in [6, 6.07) is 3.23. The van der Waals surface area contributed by atoms with E-state index >= 15 is 0 Å². The molecule has 0 bridgehead atoms. The lowest BCUT2D eigenvalue weighted by atomic mass is 10.1. The number of nitrogens with zero attached hydrogens (tertiary/aromatic N) is 6. The molecule has 0 spiro atoms. The van der Waals surface area contributed by atoms with E-state index in [1.807, 2.05) is 0 Å². The molecule has 174 valence electrons. The van der Waals surface area contributed by atoms with Gasteiger partial charge in [0.1, 0.15) is 18.0 Å². The third-order valence-electron chi connectivity index (χ3n) is 5.53. The van der Waals surface area contributed by atoms with Crippen LogP contribution < -0.4 is 4.90 Å². The monoisotopic (exact) mass is 476 g/mol. The Morgan fingerprint density at radius 2 is 1.88 bits per heavy atom. The quantitative estimate of drug-likeness (QED) is 0.307. The van der Waals surface area contributed by atoms with E-state index in [0.717, 1.165) is 23.2 Å². The maximum atomic E-state index is 14.8. The van der Waals surface area contributed by atoms with Gasteiger partial charge in [0.2, 0.25) is 0 Å². The van der Waals surface area contributed by atoms with Gasteiger partial charge < -0.3 is 4.90 Å². The number of alkyl halides is 4. The van der Waals surface area contributed by atoms with Gasteiger partial charge >= 0.3 is 0 Å². The number of rotatable bonds is 5. The molecule has 0 unspecified atom stereocenters. The van der Waals surface area contributed by atoms with Crippen LogP contribution in [0, 0.1) is 28.9 Å². The van der Waals surface area contributed by atoms with Crippen molar-refractivity contribution in [1.82, 2.24) is 24.6 Å². The fraction of sp³-hybridized carbons (Fsp3) is 0.273. The van der Waals surface area contributed by atoms with Gasteiger partial charge in [-0.3, -0.25) is 9.38 Å². The average Bonchev–Trinajstić information content (AvgIpc) is 3.44. The molecule has 34 heavy (non-hydrogen) atoms. The van der Waals surface area contributed by atoms with Gasteiger partial charge in [0, 0.05) is 11.3 Å². The molecule has 12 heteroatoms. The van der Waals surface area contributed by atoms with Gasteiger partial charge in [0.05, 0.1) is 35.3 Å². The van der Waals surface area contributed by atoms with Crippen molar-refractivity contribution < 1.29 is 26.3 Å². The van der Waals surface area contributed by atoms with E-state index in [-0.39, 0.29) is 46.6 Å². The van der Waals surface area contributed by atoms with E-state index in [4.69, 9.17) is 0 Å². The summed E-state index contributed by atoms with van der Waals surface area (Å²) in [6.45, 7) is -0.967. The number of pyridine rings is 1. The van der Waals surface area contributed by atoms with Gasteiger partial charge in [0.25, 0.3) is 18.6 Å². The van der Waals surface area contributed by atoms with E-state index in [2.05, 4.69) is 32.0 Å². The lowest BCUT2D eigenvalue weighted by Gasteiger charge is -2.25. The normalized spacial score (nSPS) is 14.6. The van der Waals surface area contributed by atoms with Crippen molar-refractivity contribution in [1.29, 1.82) is 0 Å². The number of anilines is 2. The summed E-state index contributed by atoms with van der Waals surface area (Å²) in [5.41, 5.74) is -1.37. The Hall–Kier alpha value is -3.88. The van der Waals surface area contributed by atoms with E-state index in [1.165, 1.54) is 23.0 Å². The van der Waals surface area contributed by atoms with Crippen molar-refractivity contribution >= 4 is 28.2 Å². The van der Waals surface area contributed by atoms with Crippen LogP contribution >= 0.6 is 0 Å². The van der Waals surface area contributed by atoms with Crippen LogP contribution in [0.25, 0.3) is 16.7 Å². The number of hydrogen-bond acceptors (Lipinski definition) is 5. The highest BCUT2D eigenvalue weighted by atomic mass is 19.3. The first-order chi connectivity index (χ1) is 16.3. The molecule has 1 saturated carbocycles. The second kappa shape index (κ2) is 8.16. The summed E-state index contributed by atoms with van der Waals surface area (Å²) in [6.07, 6.45) is -1.67. The molecule has 4 aromatic rings. The summed E-state index contributed by atoms with van der Waals surface area (Å²) in [4.78, 5) is 8.90. The van der Waals surface area contributed by atoms with Crippen LogP contribution in [0.2, 0.25) is 0 Å². The van der Waals surface area contributed by atoms with Gasteiger partial charge in [-0.2, -0.15) is 4.98 Å². The summed E-state index contributed by atoms with van der Waals surface area (Å²) in [7, 11) is 0. The van der Waals surface area contributed by atoms with Gasteiger partial charge in [-0.25, -0.2) is 26.3 Å². The van der Waals surface area contributed by atoms with Crippen molar-refractivity contribution in [3.05, 3.63) is 54.1 Å². The Balaban J connectivity index is 1.69. The SMILES string of the molecule is Fc1cc(C#CC2(C(F)F)CC2)cc(N(CC(F)F)c2nc3nncn3c3cncc(F)c23)c1. The van der Waals surface area contributed by atoms with Crippen LogP contribution in [0.15, 0.2) is 36.9 Å². The number of fused-ring (bicyclic) bond motifs is 3. The topological polar surface area (TPSA) is 59.2 Å². The van der Waals surface area contributed by atoms with Crippen molar-refractivity contribution in [2.45, 2.75) is 25.7 Å². The molecule has 1 aliphatic rings. The minimum Gasteiger partial charge on any atom is -0.320 e. The summed E-state index contributed by atoms with van der Waals surface area (Å²) in [5, 5.41) is 7.35. The number of hydrogen-bond donors (Lipinski definition) is 0. The van der Waals surface area contributed by atoms with E-state index < -0.39 is 36.4 Å². The van der Waals surface area contributed by atoms with Crippen molar-refractivity contribution in [3.63, 3.8) is 0 Å². The van der Waals surface area contributed by atoms with Crippen molar-refractivity contribution in [2.24, 2.45) is 5.41 Å². The Kier molecular flexibility index (Phi) is 5.27. The molecular weight excluding hydrogens is 462 g/mol. The number of aromatic nitrogens is 5. The molecule has 0 saturated heterocycles. The highest BCUT2D eigenvalue weighted by Crippen LogP contribution is 2.50. The standard InChI is InChI=1S/C22H14F6N6/c23-13-5-12(1-2-22(3-4-22)20(27)28)6-14(7-13)33(10-17(25)26)19-18-15(24)8-29-9-16(18)34-11-30-32-21(34)31-19/h5-9,11,17,20H,3-4,10H2. The first-order valence-electron chi connectivity index (χ1n) is 10.1. The molecule has 0 amide bonds. The Morgan fingerprint density at radius 1 is 1.09 bits per heavy atom. The zero-order valence-corrected chi connectivity index (χ0v) is 17.2. The molecule has 1 aliphatic carbocycles. The zero-order chi connectivity index (χ0) is 24.0. The molecule has 1 fully saturated rings. The summed E-state index contributed by atoms with van der Waals surface area (Å²) >= 11 is 0. The first-order valence-corrected chi connectivity index (χ1v) is 10.1. The third-order valence-corrected chi connectivity index (χ3v) is 5.53. The van der Waals surface area contributed by atoms with Crippen molar-refractivity contribution in [2.75, 3.05) is 11.4 Å². The Morgan fingerprint density at radius 3 is 2.59 bits per heavy atom. The van der Waals surface area contributed by atoms with Gasteiger partial charge in [-0.1, -0.05) is 11.8 Å². The molecule has 0 N–H and O–H groups in total. The maximum Gasteiger partial charge on any atom is 0.257 e. The minimum absolute atomic E-state index is 0.0104. The lowest BCUT2D eigenvalue weighted by molar-refractivity contribution is 0.0921. The fourth-order valence-corrected chi connectivity index (χ4v) is 3.63. The van der Waals surface area contributed by atoms with Crippen LogP contribution in [0.4, 0.5) is 37.8 Å². The predicted molar refractivity (Wildman–Crippen MR) is 110 cm³/mol. The van der Waals surface area contributed by atoms with Crippen LogP contribution in [0.3, 0.4) is 0 Å². The largest absolute Gasteiger partial charge is 0.320 e. The molecular formula is C22H14F6N6.